The molecule has 0 N–H and O–H groups in total. The Morgan fingerprint density at radius 3 is 2.77 bits per heavy atom. The first-order valence-corrected chi connectivity index (χ1v) is 9.20. The molecule has 0 spiro atoms. The highest BCUT2D eigenvalue weighted by Crippen LogP contribution is 2.22. The number of hydrogen-bond acceptors (Lipinski definition) is 4. The Bertz CT molecular complexity index is 825. The monoisotopic (exact) mass is 356 g/mol. The molecule has 3 heterocycles. The highest BCUT2D eigenvalue weighted by atomic mass is 16.5. The van der Waals surface area contributed by atoms with E-state index in [0.29, 0.717) is 45.0 Å². The summed E-state index contributed by atoms with van der Waals surface area (Å²) < 4.78 is 7.26. The molecule has 4 rings (SSSR count). The van der Waals surface area contributed by atoms with Crippen molar-refractivity contribution < 1.29 is 14.3 Å². The quantitative estimate of drug-likeness (QED) is 0.813. The number of carbonyl (C=O) groups is 2. The zero-order valence-corrected chi connectivity index (χ0v) is 15.1. The lowest BCUT2D eigenvalue weighted by Gasteiger charge is -2.36. The van der Waals surface area contributed by atoms with E-state index in [1.165, 1.54) is 0 Å². The molecule has 1 atom stereocenters. The number of nitrogens with zero attached hydrogens (tertiary/aromatic N) is 4. The lowest BCUT2D eigenvalue weighted by Crippen LogP contribution is -2.49. The first kappa shape index (κ1) is 17.0. The van der Waals surface area contributed by atoms with Gasteiger partial charge in [0.2, 0.25) is 5.91 Å². The fourth-order valence-corrected chi connectivity index (χ4v) is 3.86. The van der Waals surface area contributed by atoms with Crippen LogP contribution in [0, 0.1) is 5.92 Å². The molecule has 26 heavy (non-hydrogen) atoms. The summed E-state index contributed by atoms with van der Waals surface area (Å²) in [6.45, 7) is 3.71. The number of aromatic nitrogens is 2. The number of piperidine rings is 1. The van der Waals surface area contributed by atoms with Gasteiger partial charge in [0.05, 0.1) is 36.5 Å². The van der Waals surface area contributed by atoms with E-state index in [-0.39, 0.29) is 17.7 Å². The van der Waals surface area contributed by atoms with Crippen molar-refractivity contribution in [1.82, 2.24) is 19.4 Å². The number of aryl methyl sites for hydroxylation is 1. The lowest BCUT2D eigenvalue weighted by molar-refractivity contribution is -0.141. The highest BCUT2D eigenvalue weighted by Gasteiger charge is 2.32. The predicted molar refractivity (Wildman–Crippen MR) is 96.7 cm³/mol. The Kier molecular flexibility index (Phi) is 4.63. The van der Waals surface area contributed by atoms with Gasteiger partial charge in [0, 0.05) is 38.8 Å². The van der Waals surface area contributed by atoms with Gasteiger partial charge in [-0.2, -0.15) is 0 Å². The maximum Gasteiger partial charge on any atom is 0.253 e. The molecule has 0 radical (unpaired) electrons. The van der Waals surface area contributed by atoms with Gasteiger partial charge >= 0.3 is 0 Å². The third kappa shape index (κ3) is 3.19. The second-order valence-corrected chi connectivity index (χ2v) is 7.09. The number of ether oxygens (including phenoxy) is 1. The topological polar surface area (TPSA) is 67.7 Å². The van der Waals surface area contributed by atoms with Crippen LogP contribution in [0.2, 0.25) is 0 Å². The fraction of sp³-hybridized carbons (Fsp3) is 0.526. The molecule has 0 saturated carbocycles. The molecule has 138 valence electrons. The van der Waals surface area contributed by atoms with Gasteiger partial charge in [-0.05, 0) is 31.0 Å². The second-order valence-electron chi connectivity index (χ2n) is 7.09. The molecule has 1 aromatic heterocycles. The molecule has 0 aliphatic carbocycles. The van der Waals surface area contributed by atoms with Crippen LogP contribution < -0.4 is 0 Å². The third-order valence-corrected chi connectivity index (χ3v) is 5.35. The van der Waals surface area contributed by atoms with Crippen molar-refractivity contribution in [3.63, 3.8) is 0 Å². The van der Waals surface area contributed by atoms with Crippen LogP contribution in [-0.2, 0) is 16.6 Å². The Hall–Kier alpha value is -2.41. The van der Waals surface area contributed by atoms with Gasteiger partial charge in [-0.1, -0.05) is 0 Å². The maximum atomic E-state index is 12.9. The molecule has 2 aliphatic heterocycles. The second kappa shape index (κ2) is 7.07. The van der Waals surface area contributed by atoms with Gasteiger partial charge in [0.1, 0.15) is 0 Å². The normalized spacial score (nSPS) is 21.2. The molecule has 0 unspecified atom stereocenters. The number of morpholine rings is 1. The SMILES string of the molecule is Cn1cnc2cc(C(=O)N3CCC[C@H](C(=O)N4CCOCC4)C3)ccc21. The highest BCUT2D eigenvalue weighted by molar-refractivity contribution is 5.97. The minimum atomic E-state index is -0.107. The molecule has 7 nitrogen and oxygen atoms in total. The van der Waals surface area contributed by atoms with Gasteiger partial charge in [-0.25, -0.2) is 4.98 Å². The van der Waals surface area contributed by atoms with Crippen molar-refractivity contribution in [3.05, 3.63) is 30.1 Å². The van der Waals surface area contributed by atoms with Crippen LogP contribution in [0.3, 0.4) is 0 Å². The lowest BCUT2D eigenvalue weighted by atomic mass is 9.95. The zero-order valence-electron chi connectivity index (χ0n) is 15.1. The van der Waals surface area contributed by atoms with E-state index in [1.807, 2.05) is 39.6 Å². The van der Waals surface area contributed by atoms with Crippen molar-refractivity contribution >= 4 is 22.8 Å². The molecule has 1 aromatic carbocycles. The Morgan fingerprint density at radius 1 is 1.15 bits per heavy atom. The molecule has 2 amide bonds. The van der Waals surface area contributed by atoms with Crippen LogP contribution in [0.1, 0.15) is 23.2 Å². The summed E-state index contributed by atoms with van der Waals surface area (Å²) in [5, 5.41) is 0. The van der Waals surface area contributed by atoms with Gasteiger partial charge in [0.25, 0.3) is 5.91 Å². The Morgan fingerprint density at radius 2 is 1.96 bits per heavy atom. The van der Waals surface area contributed by atoms with Gasteiger partial charge in [0.15, 0.2) is 0 Å². The largest absolute Gasteiger partial charge is 0.378 e. The summed E-state index contributed by atoms with van der Waals surface area (Å²) in [4.78, 5) is 33.7. The van der Waals surface area contributed by atoms with E-state index in [4.69, 9.17) is 4.74 Å². The van der Waals surface area contributed by atoms with Gasteiger partial charge < -0.3 is 19.1 Å². The number of hydrogen-bond donors (Lipinski definition) is 0. The van der Waals surface area contributed by atoms with Crippen LogP contribution >= 0.6 is 0 Å². The van der Waals surface area contributed by atoms with E-state index < -0.39 is 0 Å². The number of amides is 2. The molecule has 7 heteroatoms. The number of benzene rings is 1. The average molecular weight is 356 g/mol. The van der Waals surface area contributed by atoms with Crippen molar-refractivity contribution in [2.24, 2.45) is 13.0 Å². The zero-order chi connectivity index (χ0) is 18.1. The van der Waals surface area contributed by atoms with Crippen LogP contribution in [0.25, 0.3) is 11.0 Å². The molecular weight excluding hydrogens is 332 g/mol. The van der Waals surface area contributed by atoms with E-state index in [9.17, 15) is 9.59 Å². The first-order chi connectivity index (χ1) is 12.6. The summed E-state index contributed by atoms with van der Waals surface area (Å²) in [5.41, 5.74) is 2.45. The number of likely N-dealkylation sites (tertiary alicyclic amines) is 1. The number of imidazole rings is 1. The van der Waals surface area contributed by atoms with E-state index >= 15 is 0 Å². The van der Waals surface area contributed by atoms with Crippen molar-refractivity contribution in [2.45, 2.75) is 12.8 Å². The van der Waals surface area contributed by atoms with E-state index in [1.54, 1.807) is 6.33 Å². The minimum Gasteiger partial charge on any atom is -0.378 e. The third-order valence-electron chi connectivity index (χ3n) is 5.35. The van der Waals surface area contributed by atoms with Crippen molar-refractivity contribution in [2.75, 3.05) is 39.4 Å². The smallest absolute Gasteiger partial charge is 0.253 e. The fourth-order valence-electron chi connectivity index (χ4n) is 3.86. The predicted octanol–water partition coefficient (Wildman–Crippen LogP) is 1.28. The molecular formula is C19H24N4O3. The van der Waals surface area contributed by atoms with Crippen LogP contribution in [0.5, 0.6) is 0 Å². The summed E-state index contributed by atoms with van der Waals surface area (Å²) in [5.74, 6) is 0.0346. The minimum absolute atomic E-state index is 0.0166. The summed E-state index contributed by atoms with van der Waals surface area (Å²) in [6.07, 6.45) is 3.45. The molecule has 2 aliphatic rings. The Labute approximate surface area is 152 Å². The summed E-state index contributed by atoms with van der Waals surface area (Å²) in [7, 11) is 1.93. The van der Waals surface area contributed by atoms with Crippen LogP contribution in [0.4, 0.5) is 0 Å². The number of rotatable bonds is 2. The maximum absolute atomic E-state index is 12.9. The van der Waals surface area contributed by atoms with Gasteiger partial charge in [-0.15, -0.1) is 0 Å². The number of fused-ring (bicyclic) bond motifs is 1. The van der Waals surface area contributed by atoms with Gasteiger partial charge in [-0.3, -0.25) is 9.59 Å². The molecule has 2 fully saturated rings. The molecule has 2 saturated heterocycles. The molecule has 2 aromatic rings. The Balaban J connectivity index is 1.47. The summed E-state index contributed by atoms with van der Waals surface area (Å²) >= 11 is 0. The van der Waals surface area contributed by atoms with Crippen molar-refractivity contribution in [1.29, 1.82) is 0 Å². The van der Waals surface area contributed by atoms with Crippen LogP contribution in [-0.4, -0.2) is 70.6 Å². The number of carbonyl (C=O) groups excluding carboxylic acids is 2. The molecule has 0 bridgehead atoms. The van der Waals surface area contributed by atoms with Crippen LogP contribution in [0.15, 0.2) is 24.5 Å². The standard InChI is InChI=1S/C19H24N4O3/c1-21-13-20-16-11-14(4-5-17(16)21)18(24)23-6-2-3-15(12-23)19(25)22-7-9-26-10-8-22/h4-5,11,13,15H,2-3,6-10,12H2,1H3/t15-/m0/s1. The summed E-state index contributed by atoms with van der Waals surface area (Å²) in [6, 6.07) is 5.61. The van der Waals surface area contributed by atoms with Crippen molar-refractivity contribution in [3.8, 4) is 0 Å². The van der Waals surface area contributed by atoms with E-state index in [0.717, 1.165) is 23.9 Å². The van der Waals surface area contributed by atoms with E-state index in [2.05, 4.69) is 4.98 Å². The average Bonchev–Trinajstić information content (AvgIpc) is 3.08. The first-order valence-electron chi connectivity index (χ1n) is 9.20.